The summed E-state index contributed by atoms with van der Waals surface area (Å²) in [6.45, 7) is 6.17. The molecule has 5 heteroatoms. The van der Waals surface area contributed by atoms with Crippen molar-refractivity contribution in [3.63, 3.8) is 0 Å². The van der Waals surface area contributed by atoms with Crippen molar-refractivity contribution >= 4 is 5.97 Å². The first kappa shape index (κ1) is 21.5. The van der Waals surface area contributed by atoms with Crippen LogP contribution in [0, 0.1) is 23.7 Å². The molecule has 2 N–H and O–H groups in total. The summed E-state index contributed by atoms with van der Waals surface area (Å²) in [6, 6.07) is 0. The molecule has 3 rings (SSSR count). The molecule has 1 aliphatic heterocycles. The smallest absolute Gasteiger partial charge is 0.308 e. The Hall–Kier alpha value is -1.17. The topological polar surface area (TPSA) is 76.0 Å². The lowest BCUT2D eigenvalue weighted by atomic mass is 9.66. The lowest BCUT2D eigenvalue weighted by Gasteiger charge is -2.42. The van der Waals surface area contributed by atoms with E-state index in [1.54, 1.807) is 0 Å². The molecule has 1 saturated heterocycles. The van der Waals surface area contributed by atoms with Crippen molar-refractivity contribution in [3.05, 3.63) is 23.8 Å². The van der Waals surface area contributed by atoms with E-state index in [0.717, 1.165) is 32.1 Å². The summed E-state index contributed by atoms with van der Waals surface area (Å²) in [6.07, 6.45) is 10.4. The van der Waals surface area contributed by atoms with Crippen LogP contribution in [0.3, 0.4) is 0 Å². The van der Waals surface area contributed by atoms with Gasteiger partial charge in [-0.3, -0.25) is 4.79 Å². The minimum atomic E-state index is -0.869. The molecule has 0 radical (unpaired) electrons. The third-order valence-corrected chi connectivity index (χ3v) is 6.81. The van der Waals surface area contributed by atoms with Gasteiger partial charge in [-0.1, -0.05) is 39.0 Å². The minimum absolute atomic E-state index is 0.0667. The van der Waals surface area contributed by atoms with Gasteiger partial charge in [0.2, 0.25) is 0 Å². The Morgan fingerprint density at radius 1 is 1.32 bits per heavy atom. The quantitative estimate of drug-likeness (QED) is 0.674. The molecule has 2 aliphatic carbocycles. The number of carbonyl (C=O) groups excluding carboxylic acids is 1. The zero-order chi connectivity index (χ0) is 20.3. The van der Waals surface area contributed by atoms with E-state index >= 15 is 0 Å². The van der Waals surface area contributed by atoms with E-state index in [1.807, 2.05) is 13.8 Å². The predicted octanol–water partition coefficient (Wildman–Crippen LogP) is 3.74. The first-order valence-corrected chi connectivity index (χ1v) is 11.0. The highest BCUT2D eigenvalue weighted by molar-refractivity contribution is 5.72. The van der Waals surface area contributed by atoms with E-state index in [2.05, 4.69) is 25.2 Å². The van der Waals surface area contributed by atoms with Crippen LogP contribution in [-0.2, 0) is 14.3 Å². The van der Waals surface area contributed by atoms with Crippen molar-refractivity contribution < 1.29 is 24.5 Å². The molecule has 0 spiro atoms. The third kappa shape index (κ3) is 5.05. The standard InChI is InChI=1S/C23H36O5/c1-4-14(2)23(26)28-20-7-5-6-16-9-8-15(3)19(22(16)20)11-10-18-12-17(24)13-21(25)27-18/h6,8-9,14-15,17-22,24-25H,4-5,7,10-13H2,1-3H3/t14-,15-,17+,18+,19?,20-,21?,22?/m0/s1. The monoisotopic (exact) mass is 392 g/mol. The Kier molecular flexibility index (Phi) is 7.35. The number of aliphatic hydroxyl groups is 2. The fourth-order valence-corrected chi connectivity index (χ4v) is 4.92. The maximum absolute atomic E-state index is 12.4. The summed E-state index contributed by atoms with van der Waals surface area (Å²) in [5, 5.41) is 19.7. The highest BCUT2D eigenvalue weighted by atomic mass is 16.6. The van der Waals surface area contributed by atoms with E-state index < -0.39 is 12.4 Å². The maximum Gasteiger partial charge on any atom is 0.308 e. The van der Waals surface area contributed by atoms with Gasteiger partial charge in [0.05, 0.1) is 18.1 Å². The number of aliphatic hydroxyl groups excluding tert-OH is 2. The van der Waals surface area contributed by atoms with Crippen LogP contribution in [0.1, 0.15) is 65.7 Å². The van der Waals surface area contributed by atoms with E-state index in [9.17, 15) is 15.0 Å². The number of hydrogen-bond donors (Lipinski definition) is 2. The van der Waals surface area contributed by atoms with Crippen LogP contribution in [0.2, 0.25) is 0 Å². The second kappa shape index (κ2) is 9.55. The number of ether oxygens (including phenoxy) is 2. The predicted molar refractivity (Wildman–Crippen MR) is 107 cm³/mol. The number of allylic oxidation sites excluding steroid dienone is 3. The van der Waals surface area contributed by atoms with Gasteiger partial charge in [-0.05, 0) is 55.9 Å². The van der Waals surface area contributed by atoms with Crippen LogP contribution >= 0.6 is 0 Å². The Labute approximate surface area is 168 Å². The molecule has 3 unspecified atom stereocenters. The zero-order valence-electron chi connectivity index (χ0n) is 17.4. The number of rotatable bonds is 6. The van der Waals surface area contributed by atoms with Gasteiger partial charge in [0.1, 0.15) is 6.10 Å². The SMILES string of the molecule is CC[C@H](C)C(=O)O[C@H]1CCC=C2C=C[C@H](C)C(CC[C@@H]3C[C@@H](O)CC(O)O3)C21. The van der Waals surface area contributed by atoms with E-state index in [1.165, 1.54) is 5.57 Å². The van der Waals surface area contributed by atoms with Crippen molar-refractivity contribution in [3.8, 4) is 0 Å². The molecule has 5 nitrogen and oxygen atoms in total. The number of carbonyl (C=O) groups is 1. The van der Waals surface area contributed by atoms with Crippen LogP contribution in [0.5, 0.6) is 0 Å². The van der Waals surface area contributed by atoms with Gasteiger partial charge in [0.15, 0.2) is 6.29 Å². The lowest BCUT2D eigenvalue weighted by Crippen LogP contribution is -2.41. The van der Waals surface area contributed by atoms with Gasteiger partial charge < -0.3 is 19.7 Å². The van der Waals surface area contributed by atoms with E-state index in [-0.39, 0.29) is 30.0 Å². The number of fused-ring (bicyclic) bond motifs is 1. The summed E-state index contributed by atoms with van der Waals surface area (Å²) in [5.41, 5.74) is 1.29. The Balaban J connectivity index is 1.69. The summed E-state index contributed by atoms with van der Waals surface area (Å²) in [4.78, 5) is 12.4. The summed E-state index contributed by atoms with van der Waals surface area (Å²) in [7, 11) is 0. The lowest BCUT2D eigenvalue weighted by molar-refractivity contribution is -0.191. The van der Waals surface area contributed by atoms with Crippen LogP contribution in [0.25, 0.3) is 0 Å². The van der Waals surface area contributed by atoms with Crippen LogP contribution in [0.15, 0.2) is 23.8 Å². The van der Waals surface area contributed by atoms with Crippen LogP contribution in [0.4, 0.5) is 0 Å². The van der Waals surface area contributed by atoms with Crippen molar-refractivity contribution in [1.82, 2.24) is 0 Å². The Morgan fingerprint density at radius 3 is 2.82 bits per heavy atom. The third-order valence-electron chi connectivity index (χ3n) is 6.81. The van der Waals surface area contributed by atoms with Gasteiger partial charge in [0.25, 0.3) is 0 Å². The van der Waals surface area contributed by atoms with Gasteiger partial charge in [0, 0.05) is 12.3 Å². The van der Waals surface area contributed by atoms with Crippen molar-refractivity contribution in [2.24, 2.45) is 23.7 Å². The van der Waals surface area contributed by atoms with Gasteiger partial charge in [-0.15, -0.1) is 0 Å². The second-order valence-corrected chi connectivity index (χ2v) is 8.89. The van der Waals surface area contributed by atoms with Gasteiger partial charge >= 0.3 is 5.97 Å². The first-order valence-electron chi connectivity index (χ1n) is 11.0. The molecule has 0 aromatic rings. The zero-order valence-corrected chi connectivity index (χ0v) is 17.4. The van der Waals surface area contributed by atoms with Crippen molar-refractivity contribution in [2.45, 2.75) is 90.3 Å². The molecule has 28 heavy (non-hydrogen) atoms. The fourth-order valence-electron chi connectivity index (χ4n) is 4.92. The van der Waals surface area contributed by atoms with Crippen LogP contribution < -0.4 is 0 Å². The summed E-state index contributed by atoms with van der Waals surface area (Å²) >= 11 is 0. The maximum atomic E-state index is 12.4. The second-order valence-electron chi connectivity index (χ2n) is 8.89. The van der Waals surface area contributed by atoms with Crippen LogP contribution in [-0.4, -0.2) is 40.8 Å². The molecule has 1 fully saturated rings. The summed E-state index contributed by atoms with van der Waals surface area (Å²) in [5.74, 6) is 0.828. The molecule has 0 bridgehead atoms. The molecule has 1 heterocycles. The van der Waals surface area contributed by atoms with Crippen molar-refractivity contribution in [2.75, 3.05) is 0 Å². The number of hydrogen-bond acceptors (Lipinski definition) is 5. The molecule has 3 aliphatic rings. The van der Waals surface area contributed by atoms with E-state index in [0.29, 0.717) is 24.7 Å². The molecule has 0 saturated carbocycles. The van der Waals surface area contributed by atoms with Gasteiger partial charge in [-0.2, -0.15) is 0 Å². The first-order chi connectivity index (χ1) is 13.4. The minimum Gasteiger partial charge on any atom is -0.461 e. The molecule has 0 amide bonds. The fraction of sp³-hybridized carbons (Fsp3) is 0.783. The highest BCUT2D eigenvalue weighted by Gasteiger charge is 2.40. The molecule has 0 aromatic carbocycles. The van der Waals surface area contributed by atoms with Gasteiger partial charge in [-0.25, -0.2) is 0 Å². The average molecular weight is 393 g/mol. The molecule has 0 aromatic heterocycles. The highest BCUT2D eigenvalue weighted by Crippen LogP contribution is 2.44. The normalized spacial score (nSPS) is 39.0. The number of esters is 1. The Bertz CT molecular complexity index is 588. The molecular weight excluding hydrogens is 356 g/mol. The summed E-state index contributed by atoms with van der Waals surface area (Å²) < 4.78 is 11.6. The molecule has 158 valence electrons. The average Bonchev–Trinajstić information content (AvgIpc) is 2.66. The largest absolute Gasteiger partial charge is 0.461 e. The van der Waals surface area contributed by atoms with Crippen molar-refractivity contribution in [1.29, 1.82) is 0 Å². The molecular formula is C23H36O5. The van der Waals surface area contributed by atoms with E-state index in [4.69, 9.17) is 9.47 Å². The molecule has 8 atom stereocenters. The Morgan fingerprint density at radius 2 is 2.11 bits per heavy atom.